The van der Waals surface area contributed by atoms with Crippen molar-refractivity contribution in [1.29, 1.82) is 0 Å². The van der Waals surface area contributed by atoms with Crippen molar-refractivity contribution >= 4 is 16.1 Å². The molecule has 0 spiro atoms. The van der Waals surface area contributed by atoms with Crippen molar-refractivity contribution in [2.75, 3.05) is 13.1 Å². The highest BCUT2D eigenvalue weighted by Crippen LogP contribution is 2.28. The fourth-order valence-corrected chi connectivity index (χ4v) is 3.21. The number of nitrogens with one attached hydrogen (secondary N) is 1. The van der Waals surface area contributed by atoms with Crippen LogP contribution in [0.15, 0.2) is 29.2 Å². The second kappa shape index (κ2) is 5.09. The van der Waals surface area contributed by atoms with E-state index in [-0.39, 0.29) is 10.3 Å². The molecule has 2 amide bonds. The van der Waals surface area contributed by atoms with E-state index >= 15 is 0 Å². The molecule has 0 atom stereocenters. The summed E-state index contributed by atoms with van der Waals surface area (Å²) in [4.78, 5) is 13.7. The molecule has 2 rings (SSSR count). The van der Waals surface area contributed by atoms with Crippen LogP contribution in [0.25, 0.3) is 0 Å². The molecular weight excluding hydrogens is 276 g/mol. The Bertz CT molecular complexity index is 606. The number of hydrogen-bond donors (Lipinski definition) is 1. The second-order valence-corrected chi connectivity index (χ2v) is 7.74. The Morgan fingerprint density at radius 3 is 2.35 bits per heavy atom. The fraction of sp³-hybridized carbons (Fsp3) is 0.500. The third-order valence-corrected chi connectivity index (χ3v) is 4.85. The van der Waals surface area contributed by atoms with Crippen LogP contribution in [-0.4, -0.2) is 32.4 Å². The molecule has 1 aromatic rings. The maximum Gasteiger partial charge on any atom is 0.331 e. The summed E-state index contributed by atoms with van der Waals surface area (Å²) in [6.45, 7) is 7.16. The molecule has 0 aliphatic carbocycles. The van der Waals surface area contributed by atoms with Crippen molar-refractivity contribution in [2.45, 2.75) is 32.1 Å². The average molecular weight is 296 g/mol. The summed E-state index contributed by atoms with van der Waals surface area (Å²) in [6, 6.07) is 5.87. The van der Waals surface area contributed by atoms with Crippen LogP contribution in [0, 0.1) is 12.3 Å². The first kappa shape index (κ1) is 14.8. The van der Waals surface area contributed by atoms with Gasteiger partial charge in [-0.15, -0.1) is 0 Å². The molecule has 1 aliphatic rings. The quantitative estimate of drug-likeness (QED) is 0.909. The van der Waals surface area contributed by atoms with Crippen LogP contribution in [0.5, 0.6) is 0 Å². The molecule has 6 heteroatoms. The lowest BCUT2D eigenvalue weighted by Crippen LogP contribution is -2.42. The number of likely N-dealkylation sites (tertiary alicyclic amines) is 1. The number of aryl methyl sites for hydroxylation is 1. The minimum atomic E-state index is -3.79. The molecule has 110 valence electrons. The second-order valence-electron chi connectivity index (χ2n) is 6.06. The number of hydrogen-bond acceptors (Lipinski definition) is 3. The van der Waals surface area contributed by atoms with Crippen molar-refractivity contribution in [3.8, 4) is 0 Å². The molecule has 0 saturated carbocycles. The smallest absolute Gasteiger partial charge is 0.323 e. The lowest BCUT2D eigenvalue weighted by atomic mass is 9.93. The van der Waals surface area contributed by atoms with E-state index in [1.807, 2.05) is 6.92 Å². The minimum Gasteiger partial charge on any atom is -0.323 e. The molecule has 0 unspecified atom stereocenters. The van der Waals surface area contributed by atoms with Gasteiger partial charge < -0.3 is 4.90 Å². The van der Waals surface area contributed by atoms with Gasteiger partial charge in [0.25, 0.3) is 10.0 Å². The van der Waals surface area contributed by atoms with Crippen molar-refractivity contribution < 1.29 is 13.2 Å². The predicted molar refractivity (Wildman–Crippen MR) is 76.9 cm³/mol. The highest BCUT2D eigenvalue weighted by molar-refractivity contribution is 7.90. The van der Waals surface area contributed by atoms with Gasteiger partial charge in [0.05, 0.1) is 4.90 Å². The molecule has 0 radical (unpaired) electrons. The minimum absolute atomic E-state index is 0.0466. The summed E-state index contributed by atoms with van der Waals surface area (Å²) in [6.07, 6.45) is 0.880. The standard InChI is InChI=1S/C14H20N2O3S/c1-11-4-6-12(7-5-11)20(18,19)15-13(17)16-9-8-14(2,3)10-16/h4-7H,8-10H2,1-3H3,(H,15,17). The Morgan fingerprint density at radius 2 is 1.85 bits per heavy atom. The Morgan fingerprint density at radius 1 is 1.25 bits per heavy atom. The van der Waals surface area contributed by atoms with E-state index in [1.165, 1.54) is 12.1 Å². The zero-order chi connectivity index (χ0) is 15.0. The maximum atomic E-state index is 12.1. The molecule has 5 nitrogen and oxygen atoms in total. The highest BCUT2D eigenvalue weighted by atomic mass is 32.2. The van der Waals surface area contributed by atoms with E-state index < -0.39 is 16.1 Å². The number of sulfonamides is 1. The van der Waals surface area contributed by atoms with Crippen LogP contribution >= 0.6 is 0 Å². The van der Waals surface area contributed by atoms with Gasteiger partial charge >= 0.3 is 6.03 Å². The third-order valence-electron chi connectivity index (χ3n) is 3.52. The Kier molecular flexibility index (Phi) is 3.77. The largest absolute Gasteiger partial charge is 0.331 e. The van der Waals surface area contributed by atoms with Crippen LogP contribution in [0.1, 0.15) is 25.8 Å². The molecule has 0 aromatic heterocycles. The number of urea groups is 1. The van der Waals surface area contributed by atoms with Crippen molar-refractivity contribution in [2.24, 2.45) is 5.41 Å². The van der Waals surface area contributed by atoms with Gasteiger partial charge in [-0.05, 0) is 30.9 Å². The van der Waals surface area contributed by atoms with E-state index in [0.717, 1.165) is 12.0 Å². The Labute approximate surface area is 120 Å². The topological polar surface area (TPSA) is 66.5 Å². The van der Waals surface area contributed by atoms with E-state index in [1.54, 1.807) is 17.0 Å². The molecular formula is C14H20N2O3S. The van der Waals surface area contributed by atoms with Gasteiger partial charge in [0, 0.05) is 13.1 Å². The average Bonchev–Trinajstić information content (AvgIpc) is 2.70. The first-order chi connectivity index (χ1) is 9.20. The summed E-state index contributed by atoms with van der Waals surface area (Å²) in [5.74, 6) is 0. The fourth-order valence-electron chi connectivity index (χ4n) is 2.24. The summed E-state index contributed by atoms with van der Waals surface area (Å²) < 4.78 is 26.4. The molecule has 1 aliphatic heterocycles. The molecule has 1 aromatic carbocycles. The highest BCUT2D eigenvalue weighted by Gasteiger charge is 2.33. The first-order valence-corrected chi connectivity index (χ1v) is 8.06. The van der Waals surface area contributed by atoms with Crippen LogP contribution in [-0.2, 0) is 10.0 Å². The Balaban J connectivity index is 2.09. The molecule has 20 heavy (non-hydrogen) atoms. The van der Waals surface area contributed by atoms with E-state index in [4.69, 9.17) is 0 Å². The van der Waals surface area contributed by atoms with Crippen LogP contribution in [0.2, 0.25) is 0 Å². The monoisotopic (exact) mass is 296 g/mol. The zero-order valence-corrected chi connectivity index (χ0v) is 12.8. The van der Waals surface area contributed by atoms with Crippen LogP contribution in [0.3, 0.4) is 0 Å². The summed E-state index contributed by atoms with van der Waals surface area (Å²) in [5.41, 5.74) is 1.02. The van der Waals surface area contributed by atoms with Gasteiger partial charge in [0.1, 0.15) is 0 Å². The third kappa shape index (κ3) is 3.30. The number of nitrogens with zero attached hydrogens (tertiary/aromatic N) is 1. The van der Waals surface area contributed by atoms with Gasteiger partial charge in [-0.1, -0.05) is 31.5 Å². The van der Waals surface area contributed by atoms with Crippen molar-refractivity contribution in [1.82, 2.24) is 9.62 Å². The summed E-state index contributed by atoms with van der Waals surface area (Å²) in [5, 5.41) is 0. The van der Waals surface area contributed by atoms with Gasteiger partial charge in [0.2, 0.25) is 0 Å². The lowest BCUT2D eigenvalue weighted by molar-refractivity contribution is 0.209. The lowest BCUT2D eigenvalue weighted by Gasteiger charge is -2.20. The van der Waals surface area contributed by atoms with E-state index in [2.05, 4.69) is 18.6 Å². The number of amides is 2. The van der Waals surface area contributed by atoms with Crippen LogP contribution < -0.4 is 4.72 Å². The van der Waals surface area contributed by atoms with E-state index in [0.29, 0.717) is 13.1 Å². The number of rotatable bonds is 2. The molecule has 1 heterocycles. The Hall–Kier alpha value is -1.56. The maximum absolute atomic E-state index is 12.1. The predicted octanol–water partition coefficient (Wildman–Crippen LogP) is 2.13. The van der Waals surface area contributed by atoms with Gasteiger partial charge in [-0.3, -0.25) is 0 Å². The van der Waals surface area contributed by atoms with Crippen LogP contribution in [0.4, 0.5) is 4.79 Å². The zero-order valence-electron chi connectivity index (χ0n) is 12.0. The van der Waals surface area contributed by atoms with Crippen molar-refractivity contribution in [3.05, 3.63) is 29.8 Å². The molecule has 1 fully saturated rings. The molecule has 1 saturated heterocycles. The normalized spacial score (nSPS) is 18.1. The van der Waals surface area contributed by atoms with Gasteiger partial charge in [0.15, 0.2) is 0 Å². The number of carbonyl (C=O) groups excluding carboxylic acids is 1. The van der Waals surface area contributed by atoms with Gasteiger partial charge in [-0.25, -0.2) is 17.9 Å². The summed E-state index contributed by atoms with van der Waals surface area (Å²) in [7, 11) is -3.79. The SMILES string of the molecule is Cc1ccc(S(=O)(=O)NC(=O)N2CCC(C)(C)C2)cc1. The summed E-state index contributed by atoms with van der Waals surface area (Å²) >= 11 is 0. The molecule has 1 N–H and O–H groups in total. The first-order valence-electron chi connectivity index (χ1n) is 6.58. The van der Waals surface area contributed by atoms with E-state index in [9.17, 15) is 13.2 Å². The van der Waals surface area contributed by atoms with Crippen molar-refractivity contribution in [3.63, 3.8) is 0 Å². The number of carbonyl (C=O) groups is 1. The number of benzene rings is 1. The molecule has 0 bridgehead atoms. The van der Waals surface area contributed by atoms with Gasteiger partial charge in [-0.2, -0.15) is 0 Å².